The fourth-order valence-corrected chi connectivity index (χ4v) is 4.74. The van der Waals surface area contributed by atoms with Crippen molar-refractivity contribution < 1.29 is 27.5 Å². The summed E-state index contributed by atoms with van der Waals surface area (Å²) in [5.41, 5.74) is -0.647. The third kappa shape index (κ3) is 4.44. The zero-order valence-electron chi connectivity index (χ0n) is 16.5. The zero-order valence-corrected chi connectivity index (χ0v) is 17.3. The molecule has 0 spiro atoms. The zero-order chi connectivity index (χ0) is 20.9. The summed E-state index contributed by atoms with van der Waals surface area (Å²) in [6.07, 6.45) is 1.45. The minimum Gasteiger partial charge on any atom is -0.465 e. The summed E-state index contributed by atoms with van der Waals surface area (Å²) in [6.45, 7) is 9.24. The van der Waals surface area contributed by atoms with Crippen LogP contribution in [-0.4, -0.2) is 50.5 Å². The van der Waals surface area contributed by atoms with Crippen molar-refractivity contribution in [3.05, 3.63) is 42.5 Å². The van der Waals surface area contributed by atoms with Gasteiger partial charge in [-0.15, -0.1) is 6.58 Å². The van der Waals surface area contributed by atoms with E-state index in [1.54, 1.807) is 38.1 Å². The molecular formula is C20H27NO6S. The number of allylic oxidation sites excluding steroid dienone is 1. The van der Waals surface area contributed by atoms with Crippen molar-refractivity contribution in [2.24, 2.45) is 5.41 Å². The maximum atomic E-state index is 12.8. The maximum absolute atomic E-state index is 12.8. The number of ether oxygens (including phenoxy) is 2. The van der Waals surface area contributed by atoms with Crippen LogP contribution in [0.1, 0.15) is 32.3 Å². The smallest absolute Gasteiger partial charge is 0.323 e. The summed E-state index contributed by atoms with van der Waals surface area (Å²) >= 11 is 0. The lowest BCUT2D eigenvalue weighted by Gasteiger charge is -2.28. The molecule has 1 saturated heterocycles. The first-order valence-electron chi connectivity index (χ1n) is 9.26. The molecule has 1 aliphatic rings. The Kier molecular flexibility index (Phi) is 7.01. The molecule has 28 heavy (non-hydrogen) atoms. The normalized spacial score (nSPS) is 19.0. The standard InChI is InChI=1S/C20H27NO6S/c1-5-12-20(18(22)26-6-2,19(23)27-7-3)13-16-14-21(16)28(24,25)17-10-8-15(4)9-11-17/h5,8-11,16H,1,6-7,12-14H2,2-4H3. The van der Waals surface area contributed by atoms with Gasteiger partial charge in [0.15, 0.2) is 5.41 Å². The quantitative estimate of drug-likeness (QED) is 0.255. The van der Waals surface area contributed by atoms with E-state index < -0.39 is 33.4 Å². The Bertz CT molecular complexity index is 813. The Morgan fingerprint density at radius 2 is 1.71 bits per heavy atom. The molecule has 1 heterocycles. The number of hydrogen-bond acceptors (Lipinski definition) is 6. The molecule has 2 rings (SSSR count). The molecule has 0 aromatic heterocycles. The van der Waals surface area contributed by atoms with Crippen molar-refractivity contribution >= 4 is 22.0 Å². The number of carbonyl (C=O) groups excluding carboxylic acids is 2. The number of carbonyl (C=O) groups is 2. The predicted octanol–water partition coefficient (Wildman–Crippen LogP) is 2.45. The first-order valence-corrected chi connectivity index (χ1v) is 10.7. The van der Waals surface area contributed by atoms with Gasteiger partial charge < -0.3 is 9.47 Å². The molecule has 8 heteroatoms. The second kappa shape index (κ2) is 8.87. The summed E-state index contributed by atoms with van der Waals surface area (Å²) in [7, 11) is -3.69. The van der Waals surface area contributed by atoms with Gasteiger partial charge in [0.1, 0.15) is 0 Å². The monoisotopic (exact) mass is 409 g/mol. The Morgan fingerprint density at radius 3 is 2.18 bits per heavy atom. The molecule has 1 aromatic rings. The van der Waals surface area contributed by atoms with E-state index >= 15 is 0 Å². The Hall–Kier alpha value is -2.19. The highest BCUT2D eigenvalue weighted by Crippen LogP contribution is 2.40. The second-order valence-corrected chi connectivity index (χ2v) is 8.65. The van der Waals surface area contributed by atoms with Gasteiger partial charge in [-0.2, -0.15) is 4.31 Å². The minimum absolute atomic E-state index is 0.0121. The molecule has 0 aliphatic carbocycles. The van der Waals surface area contributed by atoms with Crippen molar-refractivity contribution in [2.75, 3.05) is 19.8 Å². The summed E-state index contributed by atoms with van der Waals surface area (Å²) in [5, 5.41) is 0. The topological polar surface area (TPSA) is 89.8 Å². The number of benzene rings is 1. The molecule has 1 aliphatic heterocycles. The number of hydrogen-bond donors (Lipinski definition) is 0. The van der Waals surface area contributed by atoms with Crippen LogP contribution in [0, 0.1) is 12.3 Å². The lowest BCUT2D eigenvalue weighted by Crippen LogP contribution is -2.43. The van der Waals surface area contributed by atoms with Gasteiger partial charge in [0, 0.05) is 12.6 Å². The molecule has 1 aromatic carbocycles. The minimum atomic E-state index is -3.69. The summed E-state index contributed by atoms with van der Waals surface area (Å²) in [5.74, 6) is -1.43. The van der Waals surface area contributed by atoms with Crippen LogP contribution in [0.4, 0.5) is 0 Å². The van der Waals surface area contributed by atoms with Crippen molar-refractivity contribution in [2.45, 2.75) is 44.6 Å². The van der Waals surface area contributed by atoms with Crippen molar-refractivity contribution in [1.82, 2.24) is 4.31 Å². The summed E-state index contributed by atoms with van der Waals surface area (Å²) in [6, 6.07) is 6.07. The van der Waals surface area contributed by atoms with Crippen LogP contribution < -0.4 is 0 Å². The van der Waals surface area contributed by atoms with Gasteiger partial charge in [0.05, 0.1) is 18.1 Å². The van der Waals surface area contributed by atoms with Crippen LogP contribution in [0.25, 0.3) is 0 Å². The van der Waals surface area contributed by atoms with Crippen molar-refractivity contribution in [3.63, 3.8) is 0 Å². The Morgan fingerprint density at radius 1 is 1.18 bits per heavy atom. The van der Waals surface area contributed by atoms with Gasteiger partial charge in [0.25, 0.3) is 0 Å². The highest BCUT2D eigenvalue weighted by atomic mass is 32.2. The average molecular weight is 410 g/mol. The molecule has 0 N–H and O–H groups in total. The lowest BCUT2D eigenvalue weighted by molar-refractivity contribution is -0.172. The first kappa shape index (κ1) is 22.1. The number of sulfonamides is 1. The van der Waals surface area contributed by atoms with E-state index in [1.165, 1.54) is 10.4 Å². The van der Waals surface area contributed by atoms with Gasteiger partial charge in [-0.05, 0) is 45.7 Å². The summed E-state index contributed by atoms with van der Waals surface area (Å²) < 4.78 is 37.2. The highest BCUT2D eigenvalue weighted by molar-refractivity contribution is 7.89. The van der Waals surface area contributed by atoms with E-state index in [1.807, 2.05) is 6.92 Å². The summed E-state index contributed by atoms with van der Waals surface area (Å²) in [4.78, 5) is 25.5. The predicted molar refractivity (Wildman–Crippen MR) is 104 cm³/mol. The molecule has 0 amide bonds. The van der Waals surface area contributed by atoms with E-state index in [0.29, 0.717) is 0 Å². The second-order valence-electron chi connectivity index (χ2n) is 6.76. The van der Waals surface area contributed by atoms with Crippen LogP contribution in [0.15, 0.2) is 41.8 Å². The number of nitrogens with zero attached hydrogens (tertiary/aromatic N) is 1. The Balaban J connectivity index is 2.28. The number of aryl methyl sites for hydroxylation is 1. The molecule has 7 nitrogen and oxygen atoms in total. The van der Waals surface area contributed by atoms with Crippen molar-refractivity contribution in [1.29, 1.82) is 0 Å². The van der Waals surface area contributed by atoms with Crippen molar-refractivity contribution in [3.8, 4) is 0 Å². The Labute approximate surface area is 166 Å². The molecule has 2 unspecified atom stereocenters. The van der Waals surface area contributed by atoms with E-state index in [-0.39, 0.29) is 37.5 Å². The third-order valence-electron chi connectivity index (χ3n) is 4.70. The van der Waals surface area contributed by atoms with E-state index in [2.05, 4.69) is 6.58 Å². The average Bonchev–Trinajstić information content (AvgIpc) is 3.42. The molecule has 0 bridgehead atoms. The molecule has 0 saturated carbocycles. The van der Waals surface area contributed by atoms with Crippen LogP contribution in [-0.2, 0) is 29.1 Å². The van der Waals surface area contributed by atoms with Crippen LogP contribution in [0.3, 0.4) is 0 Å². The highest BCUT2D eigenvalue weighted by Gasteiger charge is 2.56. The fraction of sp³-hybridized carbons (Fsp3) is 0.500. The largest absolute Gasteiger partial charge is 0.465 e. The van der Waals surface area contributed by atoms with Crippen LogP contribution >= 0.6 is 0 Å². The van der Waals surface area contributed by atoms with Gasteiger partial charge in [-0.3, -0.25) is 9.59 Å². The van der Waals surface area contributed by atoms with Gasteiger partial charge in [-0.1, -0.05) is 23.8 Å². The lowest BCUT2D eigenvalue weighted by atomic mass is 9.79. The number of esters is 2. The van der Waals surface area contributed by atoms with Gasteiger partial charge >= 0.3 is 11.9 Å². The van der Waals surface area contributed by atoms with E-state index in [4.69, 9.17) is 9.47 Å². The first-order chi connectivity index (χ1) is 13.2. The van der Waals surface area contributed by atoms with E-state index in [0.717, 1.165) is 5.56 Å². The molecular weight excluding hydrogens is 382 g/mol. The molecule has 154 valence electrons. The van der Waals surface area contributed by atoms with E-state index in [9.17, 15) is 18.0 Å². The molecule has 1 fully saturated rings. The van der Waals surface area contributed by atoms with Gasteiger partial charge in [-0.25, -0.2) is 8.42 Å². The van der Waals surface area contributed by atoms with Crippen LogP contribution in [0.2, 0.25) is 0 Å². The SMILES string of the molecule is C=CCC(CC1CN1S(=O)(=O)c1ccc(C)cc1)(C(=O)OCC)C(=O)OCC. The molecule has 0 radical (unpaired) electrons. The fourth-order valence-electron chi connectivity index (χ4n) is 3.15. The number of rotatable bonds is 10. The van der Waals surface area contributed by atoms with Crippen LogP contribution in [0.5, 0.6) is 0 Å². The third-order valence-corrected chi connectivity index (χ3v) is 6.63. The molecule has 2 atom stereocenters. The van der Waals surface area contributed by atoms with Gasteiger partial charge in [0.2, 0.25) is 10.0 Å². The maximum Gasteiger partial charge on any atom is 0.323 e.